The molecule has 1 saturated heterocycles. The number of anilines is 1. The summed E-state index contributed by atoms with van der Waals surface area (Å²) in [6, 6.07) is 4.21. The fourth-order valence-corrected chi connectivity index (χ4v) is 2.91. The number of pyridine rings is 1. The summed E-state index contributed by atoms with van der Waals surface area (Å²) in [7, 11) is 0. The number of nitrogens with zero attached hydrogens (tertiary/aromatic N) is 2. The number of alkyl halides is 1. The minimum absolute atomic E-state index is 0.145. The fourth-order valence-electron chi connectivity index (χ4n) is 2.76. The Bertz CT molecular complexity index is 474. The second-order valence-corrected chi connectivity index (χ2v) is 6.88. The van der Waals surface area contributed by atoms with Gasteiger partial charge in [-0.1, -0.05) is 13.8 Å². The Morgan fingerprint density at radius 3 is 2.70 bits per heavy atom. The number of aromatic nitrogens is 1. The van der Waals surface area contributed by atoms with Crippen molar-refractivity contribution < 1.29 is 4.74 Å². The molecule has 0 bridgehead atoms. The van der Waals surface area contributed by atoms with Crippen molar-refractivity contribution in [3.8, 4) is 0 Å². The Kier molecular flexibility index (Phi) is 4.60. The summed E-state index contributed by atoms with van der Waals surface area (Å²) in [5.74, 6) is 1.96. The van der Waals surface area contributed by atoms with E-state index in [0.29, 0.717) is 11.8 Å². The molecule has 2 rings (SSSR count). The molecule has 3 nitrogen and oxygen atoms in total. The van der Waals surface area contributed by atoms with E-state index in [0.717, 1.165) is 30.2 Å². The van der Waals surface area contributed by atoms with Gasteiger partial charge in [0.1, 0.15) is 5.82 Å². The van der Waals surface area contributed by atoms with E-state index in [9.17, 15) is 0 Å². The molecule has 112 valence electrons. The maximum Gasteiger partial charge on any atom is 0.129 e. The third-order valence-electron chi connectivity index (χ3n) is 3.53. The van der Waals surface area contributed by atoms with Gasteiger partial charge in [0.25, 0.3) is 0 Å². The summed E-state index contributed by atoms with van der Waals surface area (Å²) in [6.45, 7) is 12.4. The lowest BCUT2D eigenvalue weighted by Gasteiger charge is -2.42. The van der Waals surface area contributed by atoms with Gasteiger partial charge in [0.2, 0.25) is 0 Å². The molecule has 1 aromatic rings. The van der Waals surface area contributed by atoms with Gasteiger partial charge in [-0.3, -0.25) is 0 Å². The van der Waals surface area contributed by atoms with Crippen molar-refractivity contribution in [3.05, 3.63) is 23.4 Å². The van der Waals surface area contributed by atoms with Gasteiger partial charge >= 0.3 is 0 Å². The molecule has 4 heteroatoms. The van der Waals surface area contributed by atoms with E-state index in [2.05, 4.69) is 51.7 Å². The average molecular weight is 297 g/mol. The summed E-state index contributed by atoms with van der Waals surface area (Å²) >= 11 is 6.03. The summed E-state index contributed by atoms with van der Waals surface area (Å²) in [5, 5.41) is 0. The van der Waals surface area contributed by atoms with E-state index < -0.39 is 0 Å². The number of halogens is 1. The van der Waals surface area contributed by atoms with E-state index in [1.54, 1.807) is 0 Å². The Labute approximate surface area is 127 Å². The van der Waals surface area contributed by atoms with Crippen LogP contribution >= 0.6 is 11.6 Å². The third kappa shape index (κ3) is 3.64. The van der Waals surface area contributed by atoms with Gasteiger partial charge in [0, 0.05) is 24.7 Å². The molecule has 0 aliphatic carbocycles. The van der Waals surface area contributed by atoms with Crippen LogP contribution in [-0.2, 0) is 10.6 Å². The minimum atomic E-state index is -0.145. The first kappa shape index (κ1) is 15.6. The predicted molar refractivity (Wildman–Crippen MR) is 84.7 cm³/mol. The summed E-state index contributed by atoms with van der Waals surface area (Å²) in [5.41, 5.74) is 2.10. The van der Waals surface area contributed by atoms with Gasteiger partial charge in [-0.15, -0.1) is 11.6 Å². The maximum absolute atomic E-state index is 6.03. The number of rotatable bonds is 3. The first-order chi connectivity index (χ1) is 9.30. The number of hydrogen-bond donors (Lipinski definition) is 0. The van der Waals surface area contributed by atoms with Gasteiger partial charge in [0.05, 0.1) is 11.7 Å². The summed E-state index contributed by atoms with van der Waals surface area (Å²) < 4.78 is 5.96. The molecule has 1 aliphatic heterocycles. The van der Waals surface area contributed by atoms with Crippen LogP contribution in [0.4, 0.5) is 5.82 Å². The zero-order valence-corrected chi connectivity index (χ0v) is 13.9. The first-order valence-electron chi connectivity index (χ1n) is 7.30. The molecule has 20 heavy (non-hydrogen) atoms. The molecule has 0 radical (unpaired) electrons. The highest BCUT2D eigenvalue weighted by atomic mass is 35.5. The summed E-state index contributed by atoms with van der Waals surface area (Å²) in [4.78, 5) is 7.13. The standard InChI is InChI=1S/C16H25ClN2O/c1-11(2)14-6-13(8-17)7-15(18-14)19-9-12(3)20-16(4,5)10-19/h6-7,11-12H,8-10H2,1-5H3. The van der Waals surface area contributed by atoms with Crippen molar-refractivity contribution in [1.82, 2.24) is 4.98 Å². The molecule has 0 N–H and O–H groups in total. The highest BCUT2D eigenvalue weighted by Crippen LogP contribution is 2.27. The SMILES string of the molecule is CC1CN(c2cc(CCl)cc(C(C)C)n2)CC(C)(C)O1. The van der Waals surface area contributed by atoms with E-state index in [4.69, 9.17) is 21.3 Å². The van der Waals surface area contributed by atoms with Crippen LogP contribution in [0.5, 0.6) is 0 Å². The zero-order chi connectivity index (χ0) is 14.9. The lowest BCUT2D eigenvalue weighted by atomic mass is 10.0. The molecule has 1 aromatic heterocycles. The van der Waals surface area contributed by atoms with Crippen molar-refractivity contribution in [2.24, 2.45) is 0 Å². The molecule has 0 spiro atoms. The van der Waals surface area contributed by atoms with Crippen LogP contribution in [0, 0.1) is 0 Å². The Hall–Kier alpha value is -0.800. The number of ether oxygens (including phenoxy) is 1. The molecule has 1 unspecified atom stereocenters. The highest BCUT2D eigenvalue weighted by molar-refractivity contribution is 6.17. The molecular weight excluding hydrogens is 272 g/mol. The zero-order valence-electron chi connectivity index (χ0n) is 13.1. The molecule has 0 amide bonds. The molecule has 0 saturated carbocycles. The predicted octanol–water partition coefficient (Wildman–Crippen LogP) is 3.95. The quantitative estimate of drug-likeness (QED) is 0.790. The lowest BCUT2D eigenvalue weighted by Crippen LogP contribution is -2.52. The van der Waals surface area contributed by atoms with Crippen LogP contribution < -0.4 is 4.90 Å². The van der Waals surface area contributed by atoms with Crippen molar-refractivity contribution in [2.75, 3.05) is 18.0 Å². The molecule has 2 heterocycles. The van der Waals surface area contributed by atoms with E-state index in [-0.39, 0.29) is 11.7 Å². The Balaban J connectivity index is 2.33. The Morgan fingerprint density at radius 1 is 1.45 bits per heavy atom. The normalized spacial score (nSPS) is 22.4. The van der Waals surface area contributed by atoms with Crippen LogP contribution in [0.2, 0.25) is 0 Å². The van der Waals surface area contributed by atoms with Gasteiger partial charge in [-0.2, -0.15) is 0 Å². The molecule has 1 atom stereocenters. The first-order valence-corrected chi connectivity index (χ1v) is 7.84. The van der Waals surface area contributed by atoms with Gasteiger partial charge < -0.3 is 9.64 Å². The topological polar surface area (TPSA) is 25.4 Å². The van der Waals surface area contributed by atoms with Crippen LogP contribution in [0.15, 0.2) is 12.1 Å². The van der Waals surface area contributed by atoms with E-state index >= 15 is 0 Å². The number of morpholine rings is 1. The van der Waals surface area contributed by atoms with Crippen LogP contribution in [0.25, 0.3) is 0 Å². The van der Waals surface area contributed by atoms with E-state index in [1.807, 2.05) is 0 Å². The van der Waals surface area contributed by atoms with Gasteiger partial charge in [-0.05, 0) is 44.4 Å². The molecular formula is C16H25ClN2O. The lowest BCUT2D eigenvalue weighted by molar-refractivity contribution is -0.0751. The molecule has 1 fully saturated rings. The second-order valence-electron chi connectivity index (χ2n) is 6.62. The van der Waals surface area contributed by atoms with Crippen molar-refractivity contribution in [2.45, 2.75) is 58.1 Å². The van der Waals surface area contributed by atoms with Crippen molar-refractivity contribution in [3.63, 3.8) is 0 Å². The summed E-state index contributed by atoms with van der Waals surface area (Å²) in [6.07, 6.45) is 0.211. The second kappa shape index (κ2) is 5.90. The maximum atomic E-state index is 6.03. The van der Waals surface area contributed by atoms with Crippen LogP contribution in [0.3, 0.4) is 0 Å². The Morgan fingerprint density at radius 2 is 2.15 bits per heavy atom. The minimum Gasteiger partial charge on any atom is -0.369 e. The monoisotopic (exact) mass is 296 g/mol. The van der Waals surface area contributed by atoms with Crippen molar-refractivity contribution >= 4 is 17.4 Å². The van der Waals surface area contributed by atoms with Crippen molar-refractivity contribution in [1.29, 1.82) is 0 Å². The molecule has 1 aliphatic rings. The van der Waals surface area contributed by atoms with Gasteiger partial charge in [-0.25, -0.2) is 4.98 Å². The number of hydrogen-bond acceptors (Lipinski definition) is 3. The fraction of sp³-hybridized carbons (Fsp3) is 0.688. The largest absolute Gasteiger partial charge is 0.369 e. The van der Waals surface area contributed by atoms with Crippen LogP contribution in [0.1, 0.15) is 51.8 Å². The average Bonchev–Trinajstić information content (AvgIpc) is 2.35. The smallest absolute Gasteiger partial charge is 0.129 e. The van der Waals surface area contributed by atoms with E-state index in [1.165, 1.54) is 0 Å². The van der Waals surface area contributed by atoms with Gasteiger partial charge in [0.15, 0.2) is 0 Å². The third-order valence-corrected chi connectivity index (χ3v) is 3.84. The molecule has 0 aromatic carbocycles. The highest BCUT2D eigenvalue weighted by Gasteiger charge is 2.32. The van der Waals surface area contributed by atoms with Crippen LogP contribution in [-0.4, -0.2) is 29.8 Å².